The van der Waals surface area contributed by atoms with Crippen LogP contribution in [0.3, 0.4) is 0 Å². The highest BCUT2D eigenvalue weighted by atomic mass is 16.7. The van der Waals surface area contributed by atoms with E-state index in [0.29, 0.717) is 25.8 Å². The minimum Gasteiger partial charge on any atom is -0.395 e. The van der Waals surface area contributed by atoms with Crippen LogP contribution in [-0.4, -0.2) is 64.0 Å². The third-order valence-electron chi connectivity index (χ3n) is 9.43. The van der Waals surface area contributed by atoms with Gasteiger partial charge in [0.25, 0.3) is 0 Å². The quantitative estimate of drug-likeness (QED) is 0.0792. The van der Waals surface area contributed by atoms with Gasteiger partial charge in [0.15, 0.2) is 6.29 Å². The van der Waals surface area contributed by atoms with E-state index in [2.05, 4.69) is 28.4 Å². The van der Waals surface area contributed by atoms with Crippen LogP contribution in [0.15, 0.2) is 72.8 Å². The van der Waals surface area contributed by atoms with E-state index in [4.69, 9.17) is 14.7 Å². The van der Waals surface area contributed by atoms with Crippen LogP contribution in [-0.2, 0) is 32.2 Å². The number of aliphatic hydroxyl groups excluding tert-OH is 2. The van der Waals surface area contributed by atoms with Crippen LogP contribution in [0.25, 0.3) is 11.1 Å². The molecule has 2 heterocycles. The van der Waals surface area contributed by atoms with Gasteiger partial charge in [-0.05, 0) is 60.0 Å². The molecule has 2 aliphatic rings. The number of hydrogen-bond acceptors (Lipinski definition) is 8. The van der Waals surface area contributed by atoms with Crippen molar-refractivity contribution in [1.29, 1.82) is 0 Å². The molecule has 3 aromatic rings. The normalized spacial score (nSPS) is 21.2. The van der Waals surface area contributed by atoms with Gasteiger partial charge in [-0.15, -0.1) is 0 Å². The first-order valence-electron chi connectivity index (χ1n) is 17.2. The average molecular weight is 660 g/mol. The summed E-state index contributed by atoms with van der Waals surface area (Å²) in [5.41, 5.74) is 7.56. The molecule has 5 N–H and O–H groups in total. The van der Waals surface area contributed by atoms with Gasteiger partial charge in [-0.1, -0.05) is 85.6 Å². The zero-order valence-electron chi connectivity index (χ0n) is 27.6. The Balaban J connectivity index is 1.21. The van der Waals surface area contributed by atoms with E-state index in [0.717, 1.165) is 78.6 Å². The number of carbonyl (C=O) groups excluding carboxylic acids is 2. The van der Waals surface area contributed by atoms with Crippen LogP contribution >= 0.6 is 0 Å². The number of carbonyl (C=O) groups is 2. The third-order valence-corrected chi connectivity index (χ3v) is 9.43. The second-order valence-electron chi connectivity index (χ2n) is 12.8. The van der Waals surface area contributed by atoms with Crippen molar-refractivity contribution < 1.29 is 34.5 Å². The summed E-state index contributed by atoms with van der Waals surface area (Å²) in [6.45, 7) is 2.26. The van der Waals surface area contributed by atoms with E-state index in [9.17, 15) is 19.8 Å². The van der Waals surface area contributed by atoms with Gasteiger partial charge in [0, 0.05) is 44.0 Å². The molecule has 2 saturated heterocycles. The first kappa shape index (κ1) is 35.7. The SMILES string of the molecule is O=C(CCCCCCC(=O)NCc1ccccc1-c1ccc([C@@H]2O[C@H](CN3CCC[C@H]3CO)C[C@H](c3ccc(CO)cc3)O2)cc1)NO. The maximum absolute atomic E-state index is 12.5. The first-order valence-corrected chi connectivity index (χ1v) is 17.2. The molecule has 5 rings (SSSR count). The molecule has 2 aliphatic heterocycles. The van der Waals surface area contributed by atoms with Gasteiger partial charge in [-0.3, -0.25) is 19.7 Å². The van der Waals surface area contributed by atoms with Gasteiger partial charge < -0.3 is 25.0 Å². The Morgan fingerprint density at radius 1 is 0.833 bits per heavy atom. The summed E-state index contributed by atoms with van der Waals surface area (Å²) in [5, 5.41) is 31.0. The van der Waals surface area contributed by atoms with Crippen LogP contribution in [0, 0.1) is 0 Å². The summed E-state index contributed by atoms with van der Waals surface area (Å²) >= 11 is 0. The number of ether oxygens (including phenoxy) is 2. The predicted molar refractivity (Wildman–Crippen MR) is 181 cm³/mol. The molecule has 2 fully saturated rings. The number of hydroxylamine groups is 1. The lowest BCUT2D eigenvalue weighted by Crippen LogP contribution is -2.42. The molecule has 0 spiro atoms. The van der Waals surface area contributed by atoms with Gasteiger partial charge in [0.2, 0.25) is 11.8 Å². The lowest BCUT2D eigenvalue weighted by molar-refractivity contribution is -0.253. The van der Waals surface area contributed by atoms with Crippen molar-refractivity contribution in [3.8, 4) is 11.1 Å². The van der Waals surface area contributed by atoms with Crippen LogP contribution in [0.4, 0.5) is 0 Å². The molecule has 0 radical (unpaired) electrons. The number of rotatable bonds is 16. The minimum absolute atomic E-state index is 0.00393. The van der Waals surface area contributed by atoms with Crippen molar-refractivity contribution in [2.45, 2.75) is 95.5 Å². The van der Waals surface area contributed by atoms with Gasteiger partial charge in [-0.25, -0.2) is 5.48 Å². The predicted octanol–water partition coefficient (Wildman–Crippen LogP) is 5.31. The zero-order valence-corrected chi connectivity index (χ0v) is 27.6. The number of hydrogen-bond donors (Lipinski definition) is 5. The van der Waals surface area contributed by atoms with Gasteiger partial charge in [-0.2, -0.15) is 0 Å². The fraction of sp³-hybridized carbons (Fsp3) is 0.474. The lowest BCUT2D eigenvalue weighted by atomic mass is 9.97. The van der Waals surface area contributed by atoms with Crippen molar-refractivity contribution in [2.24, 2.45) is 0 Å². The van der Waals surface area contributed by atoms with Gasteiger partial charge in [0.1, 0.15) is 0 Å². The smallest absolute Gasteiger partial charge is 0.243 e. The summed E-state index contributed by atoms with van der Waals surface area (Å²) < 4.78 is 13.1. The Morgan fingerprint density at radius 2 is 1.54 bits per heavy atom. The third kappa shape index (κ3) is 9.95. The standard InChI is InChI=1S/C38H49N3O7/c42-25-27-13-15-29(16-14-27)35-22-33(24-41-21-7-9-32(41)26-43)47-38(48-35)30-19-17-28(18-20-30)34-10-6-5-8-31(34)23-39-36(44)11-3-1-2-4-12-37(45)40-46/h5-6,8,10,13-20,32-33,35,38,42-43,46H,1-4,7,9,11-12,21-26H2,(H,39,44)(H,40,45)/t32-,33-,35+,38+/m0/s1. The van der Waals surface area contributed by atoms with Gasteiger partial charge >= 0.3 is 0 Å². The highest BCUT2D eigenvalue weighted by Gasteiger charge is 2.35. The van der Waals surface area contributed by atoms with Crippen LogP contribution in [0.5, 0.6) is 0 Å². The Kier molecular flexibility index (Phi) is 13.5. The second-order valence-corrected chi connectivity index (χ2v) is 12.8. The monoisotopic (exact) mass is 659 g/mol. The number of aliphatic hydroxyl groups is 2. The highest BCUT2D eigenvalue weighted by molar-refractivity contribution is 5.76. The molecule has 3 aromatic carbocycles. The second kappa shape index (κ2) is 18.2. The molecule has 4 atom stereocenters. The fourth-order valence-corrected chi connectivity index (χ4v) is 6.68. The summed E-state index contributed by atoms with van der Waals surface area (Å²) in [5.74, 6) is -0.389. The molecular formula is C38H49N3O7. The highest BCUT2D eigenvalue weighted by Crippen LogP contribution is 2.39. The van der Waals surface area contributed by atoms with Crippen molar-refractivity contribution in [3.63, 3.8) is 0 Å². The van der Waals surface area contributed by atoms with E-state index in [1.807, 2.05) is 54.6 Å². The summed E-state index contributed by atoms with van der Waals surface area (Å²) in [7, 11) is 0. The number of amides is 2. The van der Waals surface area contributed by atoms with Gasteiger partial charge in [0.05, 0.1) is 25.4 Å². The Labute approximate surface area is 283 Å². The Bertz CT molecular complexity index is 1450. The molecular weight excluding hydrogens is 610 g/mol. The Hall–Kier alpha value is -3.64. The van der Waals surface area contributed by atoms with Crippen LogP contribution < -0.4 is 10.8 Å². The zero-order chi connectivity index (χ0) is 33.7. The van der Waals surface area contributed by atoms with Crippen molar-refractivity contribution in [2.75, 3.05) is 19.7 Å². The van der Waals surface area contributed by atoms with Crippen LogP contribution in [0.1, 0.15) is 92.4 Å². The number of unbranched alkanes of at least 4 members (excludes halogenated alkanes) is 3. The van der Waals surface area contributed by atoms with E-state index < -0.39 is 6.29 Å². The number of nitrogens with one attached hydrogen (secondary N) is 2. The van der Waals surface area contributed by atoms with Crippen molar-refractivity contribution in [3.05, 3.63) is 95.1 Å². The molecule has 0 aromatic heterocycles. The molecule has 10 nitrogen and oxygen atoms in total. The number of likely N-dealkylation sites (tertiary alicyclic amines) is 1. The topological polar surface area (TPSA) is 141 Å². The molecule has 0 bridgehead atoms. The largest absolute Gasteiger partial charge is 0.395 e. The molecule has 258 valence electrons. The summed E-state index contributed by atoms with van der Waals surface area (Å²) in [4.78, 5) is 26.0. The number of benzene rings is 3. The molecule has 48 heavy (non-hydrogen) atoms. The van der Waals surface area contributed by atoms with E-state index >= 15 is 0 Å². The van der Waals surface area contributed by atoms with Crippen molar-refractivity contribution >= 4 is 11.8 Å². The average Bonchev–Trinajstić information content (AvgIpc) is 3.59. The maximum atomic E-state index is 12.5. The fourth-order valence-electron chi connectivity index (χ4n) is 6.68. The number of nitrogens with zero attached hydrogens (tertiary/aromatic N) is 1. The Morgan fingerprint density at radius 3 is 2.25 bits per heavy atom. The molecule has 0 unspecified atom stereocenters. The minimum atomic E-state index is -0.558. The van der Waals surface area contributed by atoms with E-state index in [1.165, 1.54) is 0 Å². The molecule has 0 saturated carbocycles. The lowest BCUT2D eigenvalue weighted by Gasteiger charge is -2.38. The molecule has 10 heteroatoms. The first-order chi connectivity index (χ1) is 23.5. The van der Waals surface area contributed by atoms with E-state index in [1.54, 1.807) is 5.48 Å². The van der Waals surface area contributed by atoms with E-state index in [-0.39, 0.29) is 49.7 Å². The van der Waals surface area contributed by atoms with Crippen LogP contribution in [0.2, 0.25) is 0 Å². The summed E-state index contributed by atoms with van der Waals surface area (Å²) in [6, 6.07) is 24.3. The summed E-state index contributed by atoms with van der Waals surface area (Å²) in [6.07, 6.45) is 5.79. The molecule has 0 aliphatic carbocycles. The molecule has 2 amide bonds. The maximum Gasteiger partial charge on any atom is 0.243 e. The van der Waals surface area contributed by atoms with Crippen molar-refractivity contribution in [1.82, 2.24) is 15.7 Å².